The van der Waals surface area contributed by atoms with Crippen LogP contribution in [0.1, 0.15) is 10.4 Å². The maximum Gasteiger partial charge on any atom is 0.280 e. The predicted molar refractivity (Wildman–Crippen MR) is 135 cm³/mol. The van der Waals surface area contributed by atoms with Gasteiger partial charge in [0.25, 0.3) is 5.91 Å². The van der Waals surface area contributed by atoms with Crippen molar-refractivity contribution in [2.75, 3.05) is 0 Å². The molecule has 0 radical (unpaired) electrons. The minimum Gasteiger partial charge on any atom is -0.305 e. The molecule has 3 heterocycles. The first-order valence-electron chi connectivity index (χ1n) is 9.97. The molecule has 7 nitrogen and oxygen atoms in total. The Bertz CT molecular complexity index is 1790. The minimum atomic E-state index is -3.87. The summed E-state index contributed by atoms with van der Waals surface area (Å²) in [6.07, 6.45) is 5.55. The molecule has 0 bridgehead atoms. The Morgan fingerprint density at radius 3 is 2.71 bits per heavy atom. The van der Waals surface area contributed by atoms with Crippen molar-refractivity contribution in [2.24, 2.45) is 10.1 Å². The van der Waals surface area contributed by atoms with E-state index in [0.717, 1.165) is 4.88 Å². The Morgan fingerprint density at radius 2 is 1.97 bits per heavy atom. The molecule has 5 rings (SSSR count). The zero-order chi connectivity index (χ0) is 23.9. The fourth-order valence-corrected chi connectivity index (χ4v) is 5.98. The van der Waals surface area contributed by atoms with Crippen molar-refractivity contribution in [3.05, 3.63) is 76.4 Å². The number of aromatic nitrogens is 2. The van der Waals surface area contributed by atoms with Crippen LogP contribution >= 0.6 is 22.7 Å². The van der Waals surface area contributed by atoms with Crippen LogP contribution in [0.25, 0.3) is 31.7 Å². The number of carbonyl (C=O) groups excluding carboxylic acids is 1. The predicted octanol–water partition coefficient (Wildman–Crippen LogP) is 4.00. The number of nitrogens with two attached hydrogens (primary N) is 1. The standard InChI is InChI=1S/C24H16N4O3S3/c1-2-11-28-20-10-9-15(34(25,30)31)13-22(20)33-24(28)27-23(29)17-14-19(21-8-5-12-32-21)26-18-7-4-3-6-16(17)18/h1,3-10,12-14H,11H2,(H2,25,30,31). The second-order valence-electron chi connectivity index (χ2n) is 7.32. The molecule has 0 saturated carbocycles. The molecule has 0 unspecified atom stereocenters. The van der Waals surface area contributed by atoms with Crippen LogP contribution < -0.4 is 9.94 Å². The van der Waals surface area contributed by atoms with E-state index in [1.807, 2.05) is 41.8 Å². The highest BCUT2D eigenvalue weighted by molar-refractivity contribution is 7.89. The van der Waals surface area contributed by atoms with Crippen LogP contribution in [0.2, 0.25) is 0 Å². The van der Waals surface area contributed by atoms with Gasteiger partial charge in [-0.3, -0.25) is 4.79 Å². The SMILES string of the molecule is C#CCn1c(=NC(=O)c2cc(-c3cccs3)nc3ccccc23)sc2cc(S(N)(=O)=O)ccc21. The van der Waals surface area contributed by atoms with Gasteiger partial charge in [-0.1, -0.05) is 41.5 Å². The van der Waals surface area contributed by atoms with Crippen molar-refractivity contribution in [1.29, 1.82) is 0 Å². The summed E-state index contributed by atoms with van der Waals surface area (Å²) in [4.78, 5) is 23.8. The van der Waals surface area contributed by atoms with E-state index in [1.54, 1.807) is 16.7 Å². The molecular formula is C24H16N4O3S3. The van der Waals surface area contributed by atoms with Gasteiger partial charge in [0, 0.05) is 5.39 Å². The van der Waals surface area contributed by atoms with Crippen molar-refractivity contribution < 1.29 is 13.2 Å². The van der Waals surface area contributed by atoms with Gasteiger partial charge >= 0.3 is 0 Å². The van der Waals surface area contributed by atoms with Crippen LogP contribution in [-0.2, 0) is 16.6 Å². The highest BCUT2D eigenvalue weighted by atomic mass is 32.2. The molecule has 168 valence electrons. The van der Waals surface area contributed by atoms with E-state index < -0.39 is 15.9 Å². The fraction of sp³-hybridized carbons (Fsp3) is 0.0417. The summed E-state index contributed by atoms with van der Waals surface area (Å²) >= 11 is 2.71. The zero-order valence-electron chi connectivity index (χ0n) is 17.5. The number of thiophene rings is 1. The minimum absolute atomic E-state index is 0.0206. The van der Waals surface area contributed by atoms with Crippen molar-refractivity contribution in [1.82, 2.24) is 9.55 Å². The van der Waals surface area contributed by atoms with E-state index >= 15 is 0 Å². The number of hydrogen-bond acceptors (Lipinski definition) is 6. The summed E-state index contributed by atoms with van der Waals surface area (Å²) in [5, 5.41) is 7.91. The van der Waals surface area contributed by atoms with Crippen molar-refractivity contribution in [2.45, 2.75) is 11.4 Å². The average molecular weight is 505 g/mol. The van der Waals surface area contributed by atoms with E-state index in [2.05, 4.69) is 10.9 Å². The van der Waals surface area contributed by atoms with Gasteiger partial charge in [0.15, 0.2) is 4.80 Å². The molecular weight excluding hydrogens is 488 g/mol. The molecule has 0 aliphatic carbocycles. The van der Waals surface area contributed by atoms with Gasteiger partial charge in [-0.2, -0.15) is 4.99 Å². The van der Waals surface area contributed by atoms with E-state index in [1.165, 1.54) is 34.8 Å². The Hall–Kier alpha value is -3.62. The van der Waals surface area contributed by atoms with Crippen LogP contribution in [0.5, 0.6) is 0 Å². The molecule has 0 saturated heterocycles. The largest absolute Gasteiger partial charge is 0.305 e. The van der Waals surface area contributed by atoms with Gasteiger partial charge in [0.1, 0.15) is 0 Å². The molecule has 1 amide bonds. The first-order chi connectivity index (χ1) is 16.3. The average Bonchev–Trinajstić information content (AvgIpc) is 3.46. The number of pyridine rings is 1. The van der Waals surface area contributed by atoms with Gasteiger partial charge in [-0.05, 0) is 41.8 Å². The highest BCUT2D eigenvalue weighted by Crippen LogP contribution is 2.28. The first-order valence-corrected chi connectivity index (χ1v) is 13.2. The molecule has 2 N–H and O–H groups in total. The molecule has 0 spiro atoms. The number of para-hydroxylation sites is 1. The number of amides is 1. The van der Waals surface area contributed by atoms with Crippen molar-refractivity contribution in [3.8, 4) is 22.9 Å². The number of hydrogen-bond donors (Lipinski definition) is 1. The third-order valence-electron chi connectivity index (χ3n) is 5.15. The quantitative estimate of drug-likeness (QED) is 0.373. The van der Waals surface area contributed by atoms with Gasteiger partial charge in [-0.15, -0.1) is 17.8 Å². The maximum atomic E-state index is 13.4. The lowest BCUT2D eigenvalue weighted by molar-refractivity contribution is 0.0999. The Kier molecular flexibility index (Phi) is 5.63. The monoisotopic (exact) mass is 504 g/mol. The van der Waals surface area contributed by atoms with Crippen molar-refractivity contribution >= 4 is 59.7 Å². The Balaban J connectivity index is 1.71. The number of thiazole rings is 1. The number of sulfonamides is 1. The number of primary sulfonamides is 1. The number of fused-ring (bicyclic) bond motifs is 2. The molecule has 0 aliphatic heterocycles. The third-order valence-corrected chi connectivity index (χ3v) is 7.99. The summed E-state index contributed by atoms with van der Waals surface area (Å²) in [5.74, 6) is 2.12. The summed E-state index contributed by atoms with van der Waals surface area (Å²) in [7, 11) is -3.87. The number of terminal acetylenes is 1. The second-order valence-corrected chi connectivity index (χ2v) is 10.8. The zero-order valence-corrected chi connectivity index (χ0v) is 20.0. The Morgan fingerprint density at radius 1 is 1.15 bits per heavy atom. The number of nitrogens with zero attached hydrogens (tertiary/aromatic N) is 3. The highest BCUT2D eigenvalue weighted by Gasteiger charge is 2.16. The molecule has 0 atom stereocenters. The lowest BCUT2D eigenvalue weighted by Gasteiger charge is -2.06. The third kappa shape index (κ3) is 4.06. The molecule has 10 heteroatoms. The Labute approximate surface area is 202 Å². The second kappa shape index (κ2) is 8.62. The number of carbonyl (C=O) groups is 1. The van der Waals surface area contributed by atoms with Crippen LogP contribution in [-0.4, -0.2) is 23.9 Å². The topological polar surface area (TPSA) is 107 Å². The van der Waals surface area contributed by atoms with Gasteiger partial charge in [-0.25, -0.2) is 18.5 Å². The first kappa shape index (κ1) is 22.2. The lowest BCUT2D eigenvalue weighted by atomic mass is 10.1. The molecule has 0 aliphatic rings. The van der Waals surface area contributed by atoms with Gasteiger partial charge in [0.05, 0.1) is 43.3 Å². The van der Waals surface area contributed by atoms with E-state index in [9.17, 15) is 13.2 Å². The summed E-state index contributed by atoms with van der Waals surface area (Å²) < 4.78 is 25.8. The maximum absolute atomic E-state index is 13.4. The molecule has 34 heavy (non-hydrogen) atoms. The number of rotatable bonds is 4. The summed E-state index contributed by atoms with van der Waals surface area (Å²) in [6.45, 7) is 0.165. The van der Waals surface area contributed by atoms with Gasteiger partial charge in [0.2, 0.25) is 10.0 Å². The number of benzene rings is 2. The summed E-state index contributed by atoms with van der Waals surface area (Å²) in [5.41, 5.74) is 2.47. The fourth-order valence-electron chi connectivity index (χ4n) is 3.61. The smallest absolute Gasteiger partial charge is 0.280 e. The summed E-state index contributed by atoms with van der Waals surface area (Å²) in [6, 6.07) is 17.5. The van der Waals surface area contributed by atoms with Crippen LogP contribution in [0, 0.1) is 12.3 Å². The van der Waals surface area contributed by atoms with Crippen LogP contribution in [0.4, 0.5) is 0 Å². The van der Waals surface area contributed by atoms with Crippen LogP contribution in [0.3, 0.4) is 0 Å². The molecule has 5 aromatic rings. The molecule has 3 aromatic heterocycles. The van der Waals surface area contributed by atoms with Crippen LogP contribution in [0.15, 0.2) is 75.9 Å². The molecule has 2 aromatic carbocycles. The van der Waals surface area contributed by atoms with E-state index in [4.69, 9.17) is 16.5 Å². The van der Waals surface area contributed by atoms with E-state index in [0.29, 0.717) is 37.2 Å². The normalized spacial score (nSPS) is 12.3. The van der Waals surface area contributed by atoms with Gasteiger partial charge < -0.3 is 4.57 Å². The van der Waals surface area contributed by atoms with E-state index in [-0.39, 0.29) is 11.4 Å². The van der Waals surface area contributed by atoms with Crippen molar-refractivity contribution in [3.63, 3.8) is 0 Å². The molecule has 0 fully saturated rings. The lowest BCUT2D eigenvalue weighted by Crippen LogP contribution is -2.16.